The van der Waals surface area contributed by atoms with E-state index in [4.69, 9.17) is 0 Å². The Morgan fingerprint density at radius 2 is 1.60 bits per heavy atom. The molecule has 0 atom stereocenters. The zero-order chi connectivity index (χ0) is 17.6. The Morgan fingerprint density at radius 3 is 2.32 bits per heavy atom. The van der Waals surface area contributed by atoms with Gasteiger partial charge >= 0.3 is 0 Å². The van der Waals surface area contributed by atoms with Crippen molar-refractivity contribution in [3.63, 3.8) is 0 Å². The van der Waals surface area contributed by atoms with E-state index >= 15 is 0 Å². The molecule has 1 aliphatic carbocycles. The van der Waals surface area contributed by atoms with Crippen molar-refractivity contribution in [2.24, 2.45) is 7.05 Å². The van der Waals surface area contributed by atoms with Gasteiger partial charge in [0.2, 0.25) is 5.69 Å². The van der Waals surface area contributed by atoms with E-state index in [-0.39, 0.29) is 0 Å². The molecule has 0 N–H and O–H groups in total. The van der Waals surface area contributed by atoms with Gasteiger partial charge in [0.25, 0.3) is 0 Å². The first-order chi connectivity index (χ1) is 12.1. The van der Waals surface area contributed by atoms with Gasteiger partial charge in [0.05, 0.1) is 5.39 Å². The second-order valence-electron chi connectivity index (χ2n) is 7.72. The summed E-state index contributed by atoms with van der Waals surface area (Å²) in [5.41, 5.74) is 8.32. The van der Waals surface area contributed by atoms with Crippen molar-refractivity contribution in [3.05, 3.63) is 64.8 Å². The summed E-state index contributed by atoms with van der Waals surface area (Å²) in [4.78, 5) is 0. The predicted molar refractivity (Wildman–Crippen MR) is 106 cm³/mol. The zero-order valence-electron chi connectivity index (χ0n) is 15.9. The molecule has 25 heavy (non-hydrogen) atoms. The third-order valence-corrected chi connectivity index (χ3v) is 6.31. The lowest BCUT2D eigenvalue weighted by Crippen LogP contribution is -2.36. The number of aromatic nitrogens is 1. The zero-order valence-corrected chi connectivity index (χ0v) is 15.9. The fourth-order valence-electron chi connectivity index (χ4n) is 4.55. The van der Waals surface area contributed by atoms with Crippen LogP contribution in [-0.2, 0) is 7.05 Å². The van der Waals surface area contributed by atoms with E-state index < -0.39 is 0 Å². The minimum atomic E-state index is 0.764. The summed E-state index contributed by atoms with van der Waals surface area (Å²) in [6, 6.07) is 16.0. The van der Waals surface area contributed by atoms with Gasteiger partial charge in [-0.05, 0) is 61.3 Å². The molecule has 0 spiro atoms. The second-order valence-corrected chi connectivity index (χ2v) is 7.72. The molecule has 1 saturated carbocycles. The molecule has 0 saturated heterocycles. The summed E-state index contributed by atoms with van der Waals surface area (Å²) in [6.07, 6.45) is 5.49. The lowest BCUT2D eigenvalue weighted by atomic mass is 9.91. The van der Waals surface area contributed by atoms with Crippen LogP contribution < -0.4 is 4.57 Å². The van der Waals surface area contributed by atoms with Gasteiger partial charge in [-0.3, -0.25) is 0 Å². The normalized spacial score (nSPS) is 15.2. The fraction of sp³-hybridized carbons (Fsp3) is 0.375. The van der Waals surface area contributed by atoms with Gasteiger partial charge in [-0.15, -0.1) is 0 Å². The van der Waals surface area contributed by atoms with Gasteiger partial charge in [0, 0.05) is 18.1 Å². The van der Waals surface area contributed by atoms with Crippen molar-refractivity contribution >= 4 is 10.8 Å². The smallest absolute Gasteiger partial charge is 0.198 e. The van der Waals surface area contributed by atoms with E-state index in [0.717, 1.165) is 5.92 Å². The van der Waals surface area contributed by atoms with Crippen molar-refractivity contribution in [1.29, 1.82) is 0 Å². The molecule has 1 aromatic heterocycles. The van der Waals surface area contributed by atoms with E-state index in [9.17, 15) is 0 Å². The number of aryl methyl sites for hydroxylation is 2. The summed E-state index contributed by atoms with van der Waals surface area (Å²) in [6.45, 7) is 6.74. The van der Waals surface area contributed by atoms with Crippen molar-refractivity contribution in [1.82, 2.24) is 0 Å². The van der Waals surface area contributed by atoms with E-state index in [2.05, 4.69) is 74.9 Å². The first kappa shape index (κ1) is 16.3. The molecule has 0 unspecified atom stereocenters. The molecule has 1 aliphatic rings. The van der Waals surface area contributed by atoms with Gasteiger partial charge < -0.3 is 0 Å². The van der Waals surface area contributed by atoms with Gasteiger partial charge in [0.1, 0.15) is 7.05 Å². The molecule has 128 valence electrons. The number of benzene rings is 2. The van der Waals surface area contributed by atoms with Crippen LogP contribution in [0.25, 0.3) is 22.0 Å². The predicted octanol–water partition coefficient (Wildman–Crippen LogP) is 5.91. The molecule has 1 heterocycles. The van der Waals surface area contributed by atoms with Gasteiger partial charge in [0.15, 0.2) is 5.69 Å². The fourth-order valence-corrected chi connectivity index (χ4v) is 4.55. The maximum absolute atomic E-state index is 2.48. The summed E-state index contributed by atoms with van der Waals surface area (Å²) in [5, 5.41) is 2.81. The quantitative estimate of drug-likeness (QED) is 0.514. The SMILES string of the molecule is Cc1ccccc1-c1c2ccc(C3CCCC3)cc2c(C)c(C)[n+]1C. The molecular formula is C24H28N+. The van der Waals surface area contributed by atoms with E-state index in [1.807, 2.05) is 0 Å². The highest BCUT2D eigenvalue weighted by Crippen LogP contribution is 2.37. The Bertz CT molecular complexity index is 946. The lowest BCUT2D eigenvalue weighted by molar-refractivity contribution is -0.665. The van der Waals surface area contributed by atoms with Gasteiger partial charge in [-0.1, -0.05) is 43.2 Å². The Balaban J connectivity index is 2.01. The number of pyridine rings is 1. The lowest BCUT2D eigenvalue weighted by Gasteiger charge is -2.15. The second kappa shape index (κ2) is 6.29. The van der Waals surface area contributed by atoms with Crippen molar-refractivity contribution in [3.8, 4) is 11.3 Å². The topological polar surface area (TPSA) is 3.88 Å². The maximum Gasteiger partial charge on any atom is 0.220 e. The number of hydrogen-bond donors (Lipinski definition) is 0. The molecule has 1 fully saturated rings. The van der Waals surface area contributed by atoms with Crippen LogP contribution in [0, 0.1) is 20.8 Å². The minimum absolute atomic E-state index is 0.764. The van der Waals surface area contributed by atoms with Crippen LogP contribution in [0.2, 0.25) is 0 Å². The third-order valence-electron chi connectivity index (χ3n) is 6.31. The van der Waals surface area contributed by atoms with Crippen LogP contribution in [0.3, 0.4) is 0 Å². The Labute approximate surface area is 151 Å². The first-order valence-corrected chi connectivity index (χ1v) is 9.56. The molecule has 1 nitrogen and oxygen atoms in total. The molecule has 2 aromatic carbocycles. The molecular weight excluding hydrogens is 302 g/mol. The highest BCUT2D eigenvalue weighted by atomic mass is 14.9. The van der Waals surface area contributed by atoms with Gasteiger partial charge in [-0.25, -0.2) is 0 Å². The Kier molecular flexibility index (Phi) is 4.11. The van der Waals surface area contributed by atoms with Gasteiger partial charge in [-0.2, -0.15) is 4.57 Å². The monoisotopic (exact) mass is 330 g/mol. The van der Waals surface area contributed by atoms with Crippen molar-refractivity contribution < 1.29 is 4.57 Å². The average molecular weight is 330 g/mol. The van der Waals surface area contributed by atoms with Crippen LogP contribution in [-0.4, -0.2) is 0 Å². The highest BCUT2D eigenvalue weighted by molar-refractivity contribution is 5.96. The summed E-state index contributed by atoms with van der Waals surface area (Å²) in [5.74, 6) is 0.764. The average Bonchev–Trinajstić information content (AvgIpc) is 3.16. The molecule has 0 bridgehead atoms. The summed E-state index contributed by atoms with van der Waals surface area (Å²) in [7, 11) is 2.20. The molecule has 0 amide bonds. The largest absolute Gasteiger partial charge is 0.220 e. The third kappa shape index (κ3) is 2.66. The van der Waals surface area contributed by atoms with E-state index in [0.29, 0.717) is 0 Å². The maximum atomic E-state index is 2.48. The summed E-state index contributed by atoms with van der Waals surface area (Å²) >= 11 is 0. The molecule has 0 aliphatic heterocycles. The standard InChI is InChI=1S/C24H28N/c1-16-9-5-8-12-21(16)24-22-14-13-20(19-10-6-7-11-19)15-23(22)17(2)18(3)25(24)4/h5,8-9,12-15,19H,6-7,10-11H2,1-4H3/q+1. The Hall–Kier alpha value is -2.15. The van der Waals surface area contributed by atoms with Crippen molar-refractivity contribution in [2.75, 3.05) is 0 Å². The van der Waals surface area contributed by atoms with E-state index in [1.165, 1.54) is 70.1 Å². The number of hydrogen-bond acceptors (Lipinski definition) is 0. The van der Waals surface area contributed by atoms with E-state index in [1.54, 1.807) is 0 Å². The number of rotatable bonds is 2. The molecule has 3 aromatic rings. The van der Waals surface area contributed by atoms with Crippen LogP contribution in [0.5, 0.6) is 0 Å². The number of nitrogens with zero attached hydrogens (tertiary/aromatic N) is 1. The first-order valence-electron chi connectivity index (χ1n) is 9.56. The minimum Gasteiger partial charge on any atom is -0.198 e. The molecule has 0 radical (unpaired) electrons. The van der Waals surface area contributed by atoms with Crippen LogP contribution in [0.1, 0.15) is 54.0 Å². The molecule has 1 heteroatoms. The highest BCUT2D eigenvalue weighted by Gasteiger charge is 2.24. The number of fused-ring (bicyclic) bond motifs is 1. The van der Waals surface area contributed by atoms with Crippen LogP contribution in [0.15, 0.2) is 42.5 Å². The van der Waals surface area contributed by atoms with Crippen molar-refractivity contribution in [2.45, 2.75) is 52.4 Å². The van der Waals surface area contributed by atoms with Crippen LogP contribution >= 0.6 is 0 Å². The summed E-state index contributed by atoms with van der Waals surface area (Å²) < 4.78 is 2.37. The molecule has 4 rings (SSSR count). The van der Waals surface area contributed by atoms with Crippen LogP contribution in [0.4, 0.5) is 0 Å². The Morgan fingerprint density at radius 1 is 0.880 bits per heavy atom.